The summed E-state index contributed by atoms with van der Waals surface area (Å²) in [5.41, 5.74) is 2.66. The van der Waals surface area contributed by atoms with E-state index in [0.29, 0.717) is 36.5 Å². The summed E-state index contributed by atoms with van der Waals surface area (Å²) in [6.45, 7) is 5.68. The number of nitrogens with one attached hydrogen (secondary N) is 3. The summed E-state index contributed by atoms with van der Waals surface area (Å²) in [5.74, 6) is 0.434. The van der Waals surface area contributed by atoms with Crippen LogP contribution in [0.15, 0.2) is 29.2 Å². The van der Waals surface area contributed by atoms with Gasteiger partial charge in [0, 0.05) is 54.5 Å². The van der Waals surface area contributed by atoms with E-state index in [1.165, 1.54) is 19.3 Å². The summed E-state index contributed by atoms with van der Waals surface area (Å²) in [5, 5.41) is 15.7. The van der Waals surface area contributed by atoms with Crippen LogP contribution >= 0.6 is 11.6 Å². The standard InChI is InChI=1S/C23H32ClN7O/c1-16-14-27-22(26-9-8-18-5-3-4-11-30(18)2)23(32)31(16)12-10-25-15-21-19-13-17(24)6-7-20(19)28-29-21/h6-7,13-14,18,25H,3-5,8-12,15H2,1-2H3,(H,26,27)(H,28,29). The Morgan fingerprint density at radius 1 is 1.28 bits per heavy atom. The number of hydrogen-bond donors (Lipinski definition) is 3. The van der Waals surface area contributed by atoms with Crippen molar-refractivity contribution in [3.05, 3.63) is 51.2 Å². The van der Waals surface area contributed by atoms with Crippen LogP contribution in [0.2, 0.25) is 5.02 Å². The second-order valence-corrected chi connectivity index (χ2v) is 9.03. The molecule has 3 aromatic rings. The smallest absolute Gasteiger partial charge is 0.293 e. The number of fused-ring (bicyclic) bond motifs is 1. The van der Waals surface area contributed by atoms with Crippen molar-refractivity contribution in [1.82, 2.24) is 30.0 Å². The molecular formula is C23H32ClN7O. The van der Waals surface area contributed by atoms with Gasteiger partial charge in [0.15, 0.2) is 5.82 Å². The van der Waals surface area contributed by atoms with Crippen molar-refractivity contribution >= 4 is 28.3 Å². The van der Waals surface area contributed by atoms with E-state index in [9.17, 15) is 4.79 Å². The lowest BCUT2D eigenvalue weighted by Crippen LogP contribution is -2.37. The molecule has 0 bridgehead atoms. The van der Waals surface area contributed by atoms with Gasteiger partial charge in [0.2, 0.25) is 0 Å². The molecule has 0 radical (unpaired) electrons. The molecule has 2 aromatic heterocycles. The highest BCUT2D eigenvalue weighted by Gasteiger charge is 2.18. The predicted octanol–water partition coefficient (Wildman–Crippen LogP) is 3.16. The van der Waals surface area contributed by atoms with Crippen LogP contribution in [0, 0.1) is 6.92 Å². The molecule has 1 aliphatic rings. The fourth-order valence-electron chi connectivity index (χ4n) is 4.41. The molecule has 32 heavy (non-hydrogen) atoms. The number of hydrogen-bond acceptors (Lipinski definition) is 6. The average molecular weight is 458 g/mol. The number of benzene rings is 1. The second kappa shape index (κ2) is 10.5. The Bertz CT molecular complexity index is 1110. The molecule has 172 valence electrons. The van der Waals surface area contributed by atoms with E-state index in [2.05, 4.69) is 37.8 Å². The quantitative estimate of drug-likeness (QED) is 0.427. The molecule has 0 amide bonds. The van der Waals surface area contributed by atoms with Gasteiger partial charge in [0.1, 0.15) is 0 Å². The van der Waals surface area contributed by atoms with Crippen molar-refractivity contribution in [3.8, 4) is 0 Å². The third-order valence-corrected chi connectivity index (χ3v) is 6.59. The fourth-order valence-corrected chi connectivity index (χ4v) is 4.58. The molecular weight excluding hydrogens is 426 g/mol. The van der Waals surface area contributed by atoms with E-state index in [1.54, 1.807) is 10.8 Å². The molecule has 1 aromatic carbocycles. The first-order valence-corrected chi connectivity index (χ1v) is 11.7. The van der Waals surface area contributed by atoms with Gasteiger partial charge in [0.05, 0.1) is 11.2 Å². The number of aryl methyl sites for hydroxylation is 1. The molecule has 0 spiro atoms. The summed E-state index contributed by atoms with van der Waals surface area (Å²) in [7, 11) is 2.19. The zero-order valence-corrected chi connectivity index (χ0v) is 19.6. The van der Waals surface area contributed by atoms with E-state index in [1.807, 2.05) is 25.1 Å². The van der Waals surface area contributed by atoms with Crippen molar-refractivity contribution < 1.29 is 0 Å². The van der Waals surface area contributed by atoms with Gasteiger partial charge in [-0.1, -0.05) is 18.0 Å². The maximum Gasteiger partial charge on any atom is 0.293 e. The number of halogens is 1. The largest absolute Gasteiger partial charge is 0.365 e. The van der Waals surface area contributed by atoms with Gasteiger partial charge in [0.25, 0.3) is 5.56 Å². The van der Waals surface area contributed by atoms with E-state index >= 15 is 0 Å². The highest BCUT2D eigenvalue weighted by atomic mass is 35.5. The Balaban J connectivity index is 1.31. The Kier molecular flexibility index (Phi) is 7.44. The lowest BCUT2D eigenvalue weighted by molar-refractivity contribution is 0.179. The van der Waals surface area contributed by atoms with Gasteiger partial charge < -0.3 is 20.1 Å². The van der Waals surface area contributed by atoms with Crippen molar-refractivity contribution in [2.45, 2.75) is 51.7 Å². The number of rotatable bonds is 9. The van der Waals surface area contributed by atoms with Crippen LogP contribution in [0.5, 0.6) is 0 Å². The SMILES string of the molecule is Cc1cnc(NCCC2CCCCN2C)c(=O)n1CCNCc1[nH]nc2ccc(Cl)cc12. The molecule has 1 unspecified atom stereocenters. The van der Waals surface area contributed by atoms with E-state index in [-0.39, 0.29) is 5.56 Å². The van der Waals surface area contributed by atoms with E-state index in [0.717, 1.165) is 41.8 Å². The zero-order valence-electron chi connectivity index (χ0n) is 18.8. The molecule has 1 atom stereocenters. The monoisotopic (exact) mass is 457 g/mol. The average Bonchev–Trinajstić information content (AvgIpc) is 3.18. The summed E-state index contributed by atoms with van der Waals surface area (Å²) < 4.78 is 1.77. The third-order valence-electron chi connectivity index (χ3n) is 6.35. The molecule has 0 aliphatic carbocycles. The zero-order chi connectivity index (χ0) is 22.5. The summed E-state index contributed by atoms with van der Waals surface area (Å²) >= 11 is 6.11. The Morgan fingerprint density at radius 2 is 2.16 bits per heavy atom. The number of anilines is 1. The van der Waals surface area contributed by atoms with E-state index < -0.39 is 0 Å². The Labute approximate surface area is 193 Å². The Hall–Kier alpha value is -2.42. The van der Waals surface area contributed by atoms with Crippen LogP contribution in [0.3, 0.4) is 0 Å². The summed E-state index contributed by atoms with van der Waals surface area (Å²) in [6.07, 6.45) is 6.59. The van der Waals surface area contributed by atoms with Crippen LogP contribution in [-0.4, -0.2) is 57.4 Å². The molecule has 3 heterocycles. The first-order valence-electron chi connectivity index (χ1n) is 11.4. The number of nitrogens with zero attached hydrogens (tertiary/aromatic N) is 4. The number of likely N-dealkylation sites (tertiary alicyclic amines) is 1. The highest BCUT2D eigenvalue weighted by molar-refractivity contribution is 6.31. The van der Waals surface area contributed by atoms with Gasteiger partial charge in [-0.15, -0.1) is 0 Å². The fraction of sp³-hybridized carbons (Fsp3) is 0.522. The summed E-state index contributed by atoms with van der Waals surface area (Å²) in [4.78, 5) is 19.7. The van der Waals surface area contributed by atoms with Crippen LogP contribution in [0.1, 0.15) is 37.1 Å². The lowest BCUT2D eigenvalue weighted by atomic mass is 10.0. The van der Waals surface area contributed by atoms with Crippen molar-refractivity contribution in [2.24, 2.45) is 0 Å². The van der Waals surface area contributed by atoms with Crippen LogP contribution < -0.4 is 16.2 Å². The Morgan fingerprint density at radius 3 is 3.00 bits per heavy atom. The number of aromatic nitrogens is 4. The molecule has 9 heteroatoms. The highest BCUT2D eigenvalue weighted by Crippen LogP contribution is 2.20. The normalized spacial score (nSPS) is 17.2. The molecule has 8 nitrogen and oxygen atoms in total. The maximum absolute atomic E-state index is 12.9. The maximum atomic E-state index is 12.9. The second-order valence-electron chi connectivity index (χ2n) is 8.59. The number of H-pyrrole nitrogens is 1. The van der Waals surface area contributed by atoms with E-state index in [4.69, 9.17) is 11.6 Å². The van der Waals surface area contributed by atoms with Crippen molar-refractivity contribution in [3.63, 3.8) is 0 Å². The van der Waals surface area contributed by atoms with Crippen LogP contribution in [0.4, 0.5) is 5.82 Å². The van der Waals surface area contributed by atoms with Gasteiger partial charge in [-0.3, -0.25) is 9.89 Å². The van der Waals surface area contributed by atoms with Crippen molar-refractivity contribution in [2.75, 3.05) is 32.0 Å². The van der Waals surface area contributed by atoms with Crippen LogP contribution in [-0.2, 0) is 13.1 Å². The van der Waals surface area contributed by atoms with Gasteiger partial charge in [-0.2, -0.15) is 5.10 Å². The first-order chi connectivity index (χ1) is 15.5. The number of piperidine rings is 1. The predicted molar refractivity (Wildman–Crippen MR) is 129 cm³/mol. The van der Waals surface area contributed by atoms with Gasteiger partial charge in [-0.25, -0.2) is 4.98 Å². The van der Waals surface area contributed by atoms with Gasteiger partial charge in [-0.05, 0) is 58.0 Å². The minimum absolute atomic E-state index is 0.0671. The van der Waals surface area contributed by atoms with Crippen LogP contribution in [0.25, 0.3) is 10.9 Å². The summed E-state index contributed by atoms with van der Waals surface area (Å²) in [6, 6.07) is 6.23. The molecule has 1 aliphatic heterocycles. The molecule has 1 saturated heterocycles. The topological polar surface area (TPSA) is 90.9 Å². The number of aromatic amines is 1. The molecule has 4 rings (SSSR count). The third kappa shape index (κ3) is 5.31. The lowest BCUT2D eigenvalue weighted by Gasteiger charge is -2.32. The van der Waals surface area contributed by atoms with Crippen molar-refractivity contribution in [1.29, 1.82) is 0 Å². The molecule has 1 fully saturated rings. The first kappa shape index (κ1) is 22.8. The minimum atomic E-state index is -0.0671. The van der Waals surface area contributed by atoms with Gasteiger partial charge >= 0.3 is 0 Å². The minimum Gasteiger partial charge on any atom is -0.365 e. The molecule has 0 saturated carbocycles. The molecule has 3 N–H and O–H groups in total.